The predicted octanol–water partition coefficient (Wildman–Crippen LogP) is 4.65. The molecule has 3 aromatic rings. The largest absolute Gasteiger partial charge is 0.481 e. The van der Waals surface area contributed by atoms with Gasteiger partial charge in [0.15, 0.2) is 0 Å². The molecule has 0 heterocycles. The van der Waals surface area contributed by atoms with Gasteiger partial charge in [0, 0.05) is 24.2 Å². The van der Waals surface area contributed by atoms with E-state index in [1.54, 1.807) is 30.3 Å². The van der Waals surface area contributed by atoms with Gasteiger partial charge < -0.3 is 15.2 Å². The van der Waals surface area contributed by atoms with Crippen LogP contribution in [0, 0.1) is 0 Å². The zero-order valence-electron chi connectivity index (χ0n) is 18.4. The van der Waals surface area contributed by atoms with Crippen LogP contribution in [0.2, 0.25) is 0 Å². The predicted molar refractivity (Wildman–Crippen MR) is 129 cm³/mol. The highest BCUT2D eigenvalue weighted by Gasteiger charge is 2.28. The number of carboxylic acid groups (broad SMARTS) is 1. The van der Waals surface area contributed by atoms with Crippen LogP contribution in [0.3, 0.4) is 0 Å². The third-order valence-electron chi connectivity index (χ3n) is 5.54. The van der Waals surface area contributed by atoms with Gasteiger partial charge in [-0.3, -0.25) is 14.9 Å². The molecule has 0 radical (unpaired) electrons. The lowest BCUT2D eigenvalue weighted by Crippen LogP contribution is -2.23. The molecule has 7 heteroatoms. The molecule has 1 aliphatic carbocycles. The van der Waals surface area contributed by atoms with Gasteiger partial charge in [0.1, 0.15) is 6.61 Å². The molecule has 0 spiro atoms. The van der Waals surface area contributed by atoms with Crippen molar-refractivity contribution >= 4 is 29.7 Å². The fourth-order valence-corrected chi connectivity index (χ4v) is 4.00. The first kappa shape index (κ1) is 22.8. The van der Waals surface area contributed by atoms with Crippen molar-refractivity contribution in [2.24, 2.45) is 0 Å². The maximum Gasteiger partial charge on any atom is 0.411 e. The van der Waals surface area contributed by atoms with E-state index in [2.05, 4.69) is 34.9 Å². The van der Waals surface area contributed by atoms with Crippen LogP contribution < -0.4 is 10.6 Å². The normalized spacial score (nSPS) is 12.1. The molecule has 1 aliphatic rings. The maximum absolute atomic E-state index is 12.5. The van der Waals surface area contributed by atoms with Crippen molar-refractivity contribution in [2.45, 2.75) is 12.3 Å². The number of carbonyl (C=O) groups is 3. The average molecular weight is 456 g/mol. The van der Waals surface area contributed by atoms with Crippen LogP contribution in [0.25, 0.3) is 17.2 Å². The summed E-state index contributed by atoms with van der Waals surface area (Å²) >= 11 is 0. The smallest absolute Gasteiger partial charge is 0.411 e. The summed E-state index contributed by atoms with van der Waals surface area (Å²) in [5.74, 6) is -1.39. The van der Waals surface area contributed by atoms with E-state index in [1.807, 2.05) is 24.3 Å². The van der Waals surface area contributed by atoms with Crippen molar-refractivity contribution in [3.63, 3.8) is 0 Å². The van der Waals surface area contributed by atoms with E-state index in [0.29, 0.717) is 11.3 Å². The lowest BCUT2D eigenvalue weighted by Gasteiger charge is -2.14. The molecule has 0 aliphatic heterocycles. The molecule has 3 N–H and O–H groups in total. The number of carbonyl (C=O) groups excluding carboxylic acids is 2. The SMILES string of the molecule is O=C(O)CCNC(=O)/C=C/c1cccc(NC(=O)OCC2c3ccccc3-c3ccccc32)c1. The molecule has 34 heavy (non-hydrogen) atoms. The number of anilines is 1. The number of benzene rings is 3. The van der Waals surface area contributed by atoms with Gasteiger partial charge in [-0.25, -0.2) is 4.79 Å². The van der Waals surface area contributed by atoms with Crippen molar-refractivity contribution in [2.75, 3.05) is 18.5 Å². The second kappa shape index (κ2) is 10.5. The number of aliphatic carboxylic acids is 1. The van der Waals surface area contributed by atoms with E-state index in [4.69, 9.17) is 9.84 Å². The number of hydrogen-bond acceptors (Lipinski definition) is 4. The van der Waals surface area contributed by atoms with E-state index in [9.17, 15) is 14.4 Å². The van der Waals surface area contributed by atoms with Crippen molar-refractivity contribution in [3.8, 4) is 11.1 Å². The minimum absolute atomic E-state index is 0.0212. The first-order valence-electron chi connectivity index (χ1n) is 10.9. The minimum atomic E-state index is -0.976. The third-order valence-corrected chi connectivity index (χ3v) is 5.54. The Bertz CT molecular complexity index is 1210. The molecular formula is C27H24N2O5. The standard InChI is InChI=1S/C27H24N2O5/c30-25(28-15-14-26(31)32)13-12-18-6-5-7-19(16-18)29-27(33)34-17-24-22-10-3-1-8-20(22)21-9-2-4-11-23(21)24/h1-13,16,24H,14-15,17H2,(H,28,30)(H,29,33)(H,31,32)/b13-12+. The summed E-state index contributed by atoms with van der Waals surface area (Å²) in [6.07, 6.45) is 2.20. The summed E-state index contributed by atoms with van der Waals surface area (Å²) in [4.78, 5) is 34.7. The van der Waals surface area contributed by atoms with Crippen LogP contribution in [0.5, 0.6) is 0 Å². The fraction of sp³-hybridized carbons (Fsp3) is 0.148. The maximum atomic E-state index is 12.5. The highest BCUT2D eigenvalue weighted by atomic mass is 16.5. The summed E-state index contributed by atoms with van der Waals surface area (Å²) in [7, 11) is 0. The van der Waals surface area contributed by atoms with Crippen LogP contribution in [0.4, 0.5) is 10.5 Å². The highest BCUT2D eigenvalue weighted by molar-refractivity contribution is 5.92. The molecular weight excluding hydrogens is 432 g/mol. The van der Waals surface area contributed by atoms with Gasteiger partial charge in [-0.15, -0.1) is 0 Å². The number of carboxylic acids is 1. The molecule has 7 nitrogen and oxygen atoms in total. The average Bonchev–Trinajstić information content (AvgIpc) is 3.15. The van der Waals surface area contributed by atoms with Gasteiger partial charge in [-0.2, -0.15) is 0 Å². The molecule has 0 fully saturated rings. The van der Waals surface area contributed by atoms with E-state index >= 15 is 0 Å². The number of rotatable bonds is 8. The summed E-state index contributed by atoms with van der Waals surface area (Å²) in [6, 6.07) is 23.3. The van der Waals surface area contributed by atoms with Crippen LogP contribution in [-0.4, -0.2) is 36.2 Å². The molecule has 172 valence electrons. The molecule has 0 unspecified atom stereocenters. The molecule has 4 rings (SSSR count). The lowest BCUT2D eigenvalue weighted by atomic mass is 9.98. The second-order valence-electron chi connectivity index (χ2n) is 7.84. The molecule has 2 amide bonds. The van der Waals surface area contributed by atoms with Crippen LogP contribution in [0.15, 0.2) is 78.9 Å². The fourth-order valence-electron chi connectivity index (χ4n) is 4.00. The Balaban J connectivity index is 1.34. The number of hydrogen-bond donors (Lipinski definition) is 3. The highest BCUT2D eigenvalue weighted by Crippen LogP contribution is 2.44. The van der Waals surface area contributed by atoms with Crippen molar-refractivity contribution < 1.29 is 24.2 Å². The minimum Gasteiger partial charge on any atom is -0.481 e. The first-order chi connectivity index (χ1) is 16.5. The van der Waals surface area contributed by atoms with E-state index in [0.717, 1.165) is 11.1 Å². The molecule has 0 saturated heterocycles. The number of ether oxygens (including phenoxy) is 1. The Kier molecular flexibility index (Phi) is 7.03. The Hall–Kier alpha value is -4.39. The van der Waals surface area contributed by atoms with Gasteiger partial charge in [0.2, 0.25) is 5.91 Å². The molecule has 3 aromatic carbocycles. The summed E-state index contributed by atoms with van der Waals surface area (Å²) in [5.41, 5.74) is 5.85. The topological polar surface area (TPSA) is 105 Å². The van der Waals surface area contributed by atoms with Crippen LogP contribution >= 0.6 is 0 Å². The van der Waals surface area contributed by atoms with Crippen molar-refractivity contribution in [3.05, 3.63) is 95.6 Å². The quantitative estimate of drug-likeness (QED) is 0.428. The molecule has 0 bridgehead atoms. The van der Waals surface area contributed by atoms with E-state index in [1.165, 1.54) is 17.2 Å². The van der Waals surface area contributed by atoms with Gasteiger partial charge in [-0.1, -0.05) is 60.7 Å². The van der Waals surface area contributed by atoms with Gasteiger partial charge in [-0.05, 0) is 46.0 Å². The lowest BCUT2D eigenvalue weighted by molar-refractivity contribution is -0.136. The van der Waals surface area contributed by atoms with Gasteiger partial charge in [0.05, 0.1) is 6.42 Å². The molecule has 0 atom stereocenters. The van der Waals surface area contributed by atoms with E-state index in [-0.39, 0.29) is 25.5 Å². The summed E-state index contributed by atoms with van der Waals surface area (Å²) in [6.45, 7) is 0.276. The summed E-state index contributed by atoms with van der Waals surface area (Å²) in [5, 5.41) is 13.8. The van der Waals surface area contributed by atoms with Crippen LogP contribution in [0.1, 0.15) is 29.0 Å². The van der Waals surface area contributed by atoms with E-state index < -0.39 is 18.0 Å². The third kappa shape index (κ3) is 5.50. The Labute approximate surface area is 197 Å². The van der Waals surface area contributed by atoms with Crippen LogP contribution in [-0.2, 0) is 14.3 Å². The first-order valence-corrected chi connectivity index (χ1v) is 10.9. The molecule has 0 aromatic heterocycles. The number of amides is 2. The zero-order valence-corrected chi connectivity index (χ0v) is 18.4. The Morgan fingerprint density at radius 2 is 1.59 bits per heavy atom. The zero-order chi connectivity index (χ0) is 23.9. The van der Waals surface area contributed by atoms with Crippen molar-refractivity contribution in [1.29, 1.82) is 0 Å². The Morgan fingerprint density at radius 3 is 2.26 bits per heavy atom. The monoisotopic (exact) mass is 456 g/mol. The summed E-state index contributed by atoms with van der Waals surface area (Å²) < 4.78 is 5.57. The Morgan fingerprint density at radius 1 is 0.912 bits per heavy atom. The van der Waals surface area contributed by atoms with Gasteiger partial charge in [0.25, 0.3) is 0 Å². The van der Waals surface area contributed by atoms with Gasteiger partial charge >= 0.3 is 12.1 Å². The number of nitrogens with one attached hydrogen (secondary N) is 2. The molecule has 0 saturated carbocycles. The van der Waals surface area contributed by atoms with Crippen molar-refractivity contribution in [1.82, 2.24) is 5.32 Å². The number of fused-ring (bicyclic) bond motifs is 3. The second-order valence-corrected chi connectivity index (χ2v) is 7.84.